The first-order valence-electron chi connectivity index (χ1n) is 7.56. The third-order valence-electron chi connectivity index (χ3n) is 4.20. The molecule has 0 radical (unpaired) electrons. The van der Waals surface area contributed by atoms with Crippen molar-refractivity contribution in [2.75, 3.05) is 0 Å². The molecule has 0 unspecified atom stereocenters. The average molecular weight is 304 g/mol. The molecule has 1 aromatic heterocycles. The summed E-state index contributed by atoms with van der Waals surface area (Å²) in [5, 5.41) is 9.08. The maximum absolute atomic E-state index is 6.34. The van der Waals surface area contributed by atoms with Crippen molar-refractivity contribution < 1.29 is 0 Å². The molecule has 21 heavy (non-hydrogen) atoms. The first kappa shape index (κ1) is 14.6. The third kappa shape index (κ3) is 3.30. The molecule has 3 rings (SSSR count). The van der Waals surface area contributed by atoms with Crippen molar-refractivity contribution in [3.05, 3.63) is 51.3 Å². The minimum absolute atomic E-state index is 0.721. The lowest BCUT2D eigenvalue weighted by atomic mass is 10.1. The van der Waals surface area contributed by atoms with E-state index >= 15 is 0 Å². The zero-order chi connectivity index (χ0) is 15.0. The van der Waals surface area contributed by atoms with E-state index < -0.39 is 0 Å². The van der Waals surface area contributed by atoms with E-state index in [0.29, 0.717) is 0 Å². The summed E-state index contributed by atoms with van der Waals surface area (Å²) in [6.45, 7) is 7.94. The Labute approximate surface area is 131 Å². The van der Waals surface area contributed by atoms with Crippen LogP contribution in [0.3, 0.4) is 0 Å². The average Bonchev–Trinajstić information content (AvgIpc) is 3.20. The highest BCUT2D eigenvalue weighted by molar-refractivity contribution is 6.31. The molecule has 4 heteroatoms. The van der Waals surface area contributed by atoms with Gasteiger partial charge in [0.2, 0.25) is 0 Å². The molecule has 3 nitrogen and oxygen atoms in total. The Morgan fingerprint density at radius 2 is 2.05 bits per heavy atom. The van der Waals surface area contributed by atoms with Crippen LogP contribution in [0.25, 0.3) is 0 Å². The van der Waals surface area contributed by atoms with E-state index in [4.69, 9.17) is 11.6 Å². The van der Waals surface area contributed by atoms with E-state index in [2.05, 4.69) is 48.0 Å². The Kier molecular flexibility index (Phi) is 4.05. The van der Waals surface area contributed by atoms with Crippen molar-refractivity contribution in [3.8, 4) is 0 Å². The van der Waals surface area contributed by atoms with Gasteiger partial charge in [-0.05, 0) is 50.8 Å². The van der Waals surface area contributed by atoms with Crippen LogP contribution < -0.4 is 5.32 Å². The number of rotatable bonds is 5. The van der Waals surface area contributed by atoms with Crippen LogP contribution in [0.4, 0.5) is 0 Å². The van der Waals surface area contributed by atoms with Gasteiger partial charge in [0.15, 0.2) is 0 Å². The van der Waals surface area contributed by atoms with Crippen LogP contribution >= 0.6 is 11.6 Å². The Balaban J connectivity index is 1.79. The van der Waals surface area contributed by atoms with Gasteiger partial charge in [0, 0.05) is 28.9 Å². The standard InChI is InChI=1S/C17H22ClN3/c1-11-4-5-14(17(18)8-11)10-21-13(3)16(12(2)20-21)9-19-15-6-7-15/h4-5,8,15,19H,6-7,9-10H2,1-3H3. The molecule has 0 atom stereocenters. The summed E-state index contributed by atoms with van der Waals surface area (Å²) in [4.78, 5) is 0. The Morgan fingerprint density at radius 3 is 2.71 bits per heavy atom. The Morgan fingerprint density at radius 1 is 1.29 bits per heavy atom. The maximum Gasteiger partial charge on any atom is 0.0677 e. The lowest BCUT2D eigenvalue weighted by Gasteiger charge is -2.08. The molecule has 1 saturated carbocycles. The van der Waals surface area contributed by atoms with E-state index in [9.17, 15) is 0 Å². The van der Waals surface area contributed by atoms with Crippen LogP contribution in [0.1, 0.15) is 40.9 Å². The van der Waals surface area contributed by atoms with Crippen LogP contribution in [0, 0.1) is 20.8 Å². The molecule has 112 valence electrons. The number of nitrogens with one attached hydrogen (secondary N) is 1. The van der Waals surface area contributed by atoms with Gasteiger partial charge in [-0.25, -0.2) is 0 Å². The molecule has 1 aromatic carbocycles. The van der Waals surface area contributed by atoms with E-state index in [1.165, 1.54) is 29.7 Å². The van der Waals surface area contributed by atoms with Crippen molar-refractivity contribution in [1.82, 2.24) is 15.1 Å². The largest absolute Gasteiger partial charge is 0.310 e. The zero-order valence-corrected chi connectivity index (χ0v) is 13.7. The number of hydrogen-bond acceptors (Lipinski definition) is 2. The fourth-order valence-corrected chi connectivity index (χ4v) is 2.91. The number of aromatic nitrogens is 2. The molecule has 0 aliphatic heterocycles. The van der Waals surface area contributed by atoms with Gasteiger partial charge in [-0.3, -0.25) is 4.68 Å². The monoisotopic (exact) mass is 303 g/mol. The van der Waals surface area contributed by atoms with Crippen LogP contribution in [-0.2, 0) is 13.1 Å². The smallest absolute Gasteiger partial charge is 0.0677 e. The second kappa shape index (κ2) is 5.82. The van der Waals surface area contributed by atoms with Crippen molar-refractivity contribution in [1.29, 1.82) is 0 Å². The molecular weight excluding hydrogens is 282 g/mol. The predicted molar refractivity (Wildman–Crippen MR) is 86.9 cm³/mol. The number of nitrogens with zero attached hydrogens (tertiary/aromatic N) is 2. The molecule has 1 aliphatic carbocycles. The summed E-state index contributed by atoms with van der Waals surface area (Å²) in [5.41, 5.74) is 5.98. The zero-order valence-electron chi connectivity index (χ0n) is 12.9. The SMILES string of the molecule is Cc1ccc(Cn2nc(C)c(CNC3CC3)c2C)c(Cl)c1. The summed E-state index contributed by atoms with van der Waals surface area (Å²) < 4.78 is 2.07. The van der Waals surface area contributed by atoms with Crippen molar-refractivity contribution in [2.45, 2.75) is 52.7 Å². The molecule has 2 aromatic rings. The van der Waals surface area contributed by atoms with Gasteiger partial charge in [0.25, 0.3) is 0 Å². The number of benzene rings is 1. The van der Waals surface area contributed by atoms with E-state index in [0.717, 1.165) is 35.4 Å². The summed E-state index contributed by atoms with van der Waals surface area (Å²) in [6.07, 6.45) is 2.62. The van der Waals surface area contributed by atoms with Crippen LogP contribution in [-0.4, -0.2) is 15.8 Å². The summed E-state index contributed by atoms with van der Waals surface area (Å²) in [7, 11) is 0. The van der Waals surface area contributed by atoms with Gasteiger partial charge >= 0.3 is 0 Å². The molecule has 1 heterocycles. The van der Waals surface area contributed by atoms with Gasteiger partial charge in [-0.2, -0.15) is 5.10 Å². The minimum atomic E-state index is 0.721. The highest BCUT2D eigenvalue weighted by Crippen LogP contribution is 2.23. The number of aryl methyl sites for hydroxylation is 2. The highest BCUT2D eigenvalue weighted by Gasteiger charge is 2.21. The number of hydrogen-bond donors (Lipinski definition) is 1. The topological polar surface area (TPSA) is 29.9 Å². The molecular formula is C17H22ClN3. The Hall–Kier alpha value is -1.32. The van der Waals surface area contributed by atoms with Crippen molar-refractivity contribution in [2.24, 2.45) is 0 Å². The Bertz CT molecular complexity index is 656. The third-order valence-corrected chi connectivity index (χ3v) is 4.56. The van der Waals surface area contributed by atoms with Gasteiger partial charge in [0.05, 0.1) is 12.2 Å². The summed E-state index contributed by atoms with van der Waals surface area (Å²) in [6, 6.07) is 6.93. The van der Waals surface area contributed by atoms with Crippen molar-refractivity contribution in [3.63, 3.8) is 0 Å². The van der Waals surface area contributed by atoms with Crippen LogP contribution in [0.2, 0.25) is 5.02 Å². The summed E-state index contributed by atoms with van der Waals surface area (Å²) >= 11 is 6.34. The fourth-order valence-electron chi connectivity index (χ4n) is 2.62. The second-order valence-electron chi connectivity index (χ2n) is 6.06. The first-order chi connectivity index (χ1) is 10.0. The lowest BCUT2D eigenvalue weighted by molar-refractivity contribution is 0.652. The maximum atomic E-state index is 6.34. The molecule has 1 fully saturated rings. The molecule has 0 amide bonds. The van der Waals surface area contributed by atoms with Gasteiger partial charge in [-0.15, -0.1) is 0 Å². The van der Waals surface area contributed by atoms with E-state index in [-0.39, 0.29) is 0 Å². The molecule has 1 aliphatic rings. The highest BCUT2D eigenvalue weighted by atomic mass is 35.5. The second-order valence-corrected chi connectivity index (χ2v) is 6.46. The molecule has 0 saturated heterocycles. The lowest BCUT2D eigenvalue weighted by Crippen LogP contribution is -2.16. The minimum Gasteiger partial charge on any atom is -0.310 e. The molecule has 1 N–H and O–H groups in total. The predicted octanol–water partition coefficient (Wildman–Crippen LogP) is 3.76. The van der Waals surface area contributed by atoms with Gasteiger partial charge in [-0.1, -0.05) is 23.7 Å². The van der Waals surface area contributed by atoms with Gasteiger partial charge < -0.3 is 5.32 Å². The normalized spacial score (nSPS) is 14.7. The van der Waals surface area contributed by atoms with Crippen LogP contribution in [0.15, 0.2) is 18.2 Å². The quantitative estimate of drug-likeness (QED) is 0.911. The van der Waals surface area contributed by atoms with Crippen molar-refractivity contribution >= 4 is 11.6 Å². The van der Waals surface area contributed by atoms with E-state index in [1.54, 1.807) is 0 Å². The number of halogens is 1. The first-order valence-corrected chi connectivity index (χ1v) is 7.93. The van der Waals surface area contributed by atoms with Crippen LogP contribution in [0.5, 0.6) is 0 Å². The van der Waals surface area contributed by atoms with E-state index in [1.807, 2.05) is 6.07 Å². The summed E-state index contributed by atoms with van der Waals surface area (Å²) in [5.74, 6) is 0. The molecule has 0 bridgehead atoms. The van der Waals surface area contributed by atoms with Gasteiger partial charge in [0.1, 0.15) is 0 Å². The fraction of sp³-hybridized carbons (Fsp3) is 0.471. The molecule has 0 spiro atoms.